The Morgan fingerprint density at radius 2 is 1.97 bits per heavy atom. The highest BCUT2D eigenvalue weighted by Crippen LogP contribution is 2.44. The lowest BCUT2D eigenvalue weighted by Crippen LogP contribution is -2.49. The van der Waals surface area contributed by atoms with E-state index in [0.29, 0.717) is 24.6 Å². The molecule has 36 heavy (non-hydrogen) atoms. The predicted molar refractivity (Wildman–Crippen MR) is 144 cm³/mol. The Bertz CT molecular complexity index is 1110. The van der Waals surface area contributed by atoms with Gasteiger partial charge in [0.1, 0.15) is 5.76 Å². The van der Waals surface area contributed by atoms with Gasteiger partial charge in [0.25, 0.3) is 5.91 Å². The summed E-state index contributed by atoms with van der Waals surface area (Å²) in [7, 11) is 0. The van der Waals surface area contributed by atoms with Crippen LogP contribution in [0.4, 0.5) is 0 Å². The molecule has 1 aliphatic rings. The average Bonchev–Trinajstić information content (AvgIpc) is 3.58. The van der Waals surface area contributed by atoms with Crippen molar-refractivity contribution < 1.29 is 14.0 Å². The number of furan rings is 1. The molecule has 3 aromatic rings. The standard InChI is InChI=1S/C29H37N3O3S/c1-4-5-15-31(20-22-10-8-17-35-22)16-14-30-28(33)26-23-11-6-7-12-24(23)29(34)32(19-21(2)3)27(26)25-13-9-18-36-25/h6-13,17-18,21,26-27H,4-5,14-16,19-20H2,1-3H3,(H,30,33)/t26-,27+/m0/s1. The van der Waals surface area contributed by atoms with Gasteiger partial charge in [-0.05, 0) is 54.1 Å². The molecule has 0 unspecified atom stereocenters. The third-order valence-electron chi connectivity index (χ3n) is 6.63. The van der Waals surface area contributed by atoms with E-state index in [1.165, 1.54) is 0 Å². The maximum absolute atomic E-state index is 13.8. The normalized spacial score (nSPS) is 17.6. The minimum atomic E-state index is -0.453. The van der Waals surface area contributed by atoms with Gasteiger partial charge in [0.05, 0.1) is 24.8 Å². The Balaban J connectivity index is 1.55. The molecule has 0 saturated carbocycles. The van der Waals surface area contributed by atoms with E-state index < -0.39 is 5.92 Å². The molecule has 1 aromatic carbocycles. The monoisotopic (exact) mass is 507 g/mol. The summed E-state index contributed by atoms with van der Waals surface area (Å²) in [4.78, 5) is 32.7. The lowest BCUT2D eigenvalue weighted by atomic mass is 9.81. The van der Waals surface area contributed by atoms with Crippen LogP contribution in [0.3, 0.4) is 0 Å². The molecule has 3 heterocycles. The van der Waals surface area contributed by atoms with Gasteiger partial charge in [-0.1, -0.05) is 51.5 Å². The summed E-state index contributed by atoms with van der Waals surface area (Å²) in [5, 5.41) is 5.23. The number of fused-ring (bicyclic) bond motifs is 1. The molecular formula is C29H37N3O3S. The summed E-state index contributed by atoms with van der Waals surface area (Å²) < 4.78 is 5.55. The van der Waals surface area contributed by atoms with Crippen molar-refractivity contribution in [1.82, 2.24) is 15.1 Å². The van der Waals surface area contributed by atoms with Crippen LogP contribution < -0.4 is 5.32 Å². The summed E-state index contributed by atoms with van der Waals surface area (Å²) in [6.07, 6.45) is 3.91. The highest BCUT2D eigenvalue weighted by molar-refractivity contribution is 7.10. The van der Waals surface area contributed by atoms with E-state index in [2.05, 4.69) is 31.0 Å². The molecule has 192 valence electrons. The summed E-state index contributed by atoms with van der Waals surface area (Å²) >= 11 is 1.61. The van der Waals surface area contributed by atoms with E-state index in [4.69, 9.17) is 4.42 Å². The first kappa shape index (κ1) is 26.2. The SMILES string of the molecule is CCCCN(CCNC(=O)[C@H]1c2ccccc2C(=O)N(CC(C)C)[C@@H]1c1cccs1)Cc1ccco1. The predicted octanol–water partition coefficient (Wildman–Crippen LogP) is 5.70. The van der Waals surface area contributed by atoms with E-state index in [-0.39, 0.29) is 17.9 Å². The highest BCUT2D eigenvalue weighted by atomic mass is 32.1. The number of rotatable bonds is 12. The van der Waals surface area contributed by atoms with Gasteiger partial charge < -0.3 is 14.6 Å². The van der Waals surface area contributed by atoms with Crippen LogP contribution in [0, 0.1) is 5.92 Å². The molecule has 2 amide bonds. The first-order valence-electron chi connectivity index (χ1n) is 12.9. The van der Waals surface area contributed by atoms with Crippen LogP contribution in [0.1, 0.15) is 72.1 Å². The fourth-order valence-corrected chi connectivity index (χ4v) is 5.84. The third-order valence-corrected chi connectivity index (χ3v) is 7.58. The lowest BCUT2D eigenvalue weighted by Gasteiger charge is -2.42. The number of nitrogens with zero attached hydrogens (tertiary/aromatic N) is 2. The van der Waals surface area contributed by atoms with Gasteiger partial charge in [0.15, 0.2) is 0 Å². The van der Waals surface area contributed by atoms with E-state index in [1.807, 2.05) is 58.8 Å². The molecule has 1 N–H and O–H groups in total. The van der Waals surface area contributed by atoms with Crippen molar-refractivity contribution in [1.29, 1.82) is 0 Å². The molecule has 6 nitrogen and oxygen atoms in total. The minimum absolute atomic E-state index is 0.00550. The Labute approximate surface area is 218 Å². The number of carbonyl (C=O) groups excluding carboxylic acids is 2. The first-order valence-corrected chi connectivity index (χ1v) is 13.8. The molecule has 0 radical (unpaired) electrons. The van der Waals surface area contributed by atoms with Crippen molar-refractivity contribution in [2.75, 3.05) is 26.2 Å². The summed E-state index contributed by atoms with van der Waals surface area (Å²) in [6, 6.07) is 15.2. The number of hydrogen-bond acceptors (Lipinski definition) is 5. The lowest BCUT2D eigenvalue weighted by molar-refractivity contribution is -0.124. The van der Waals surface area contributed by atoms with Crippen molar-refractivity contribution in [2.45, 2.75) is 52.1 Å². The van der Waals surface area contributed by atoms with Crippen molar-refractivity contribution in [2.24, 2.45) is 5.92 Å². The minimum Gasteiger partial charge on any atom is -0.468 e. The van der Waals surface area contributed by atoms with Crippen LogP contribution >= 0.6 is 11.3 Å². The quantitative estimate of drug-likeness (QED) is 0.342. The Morgan fingerprint density at radius 1 is 1.14 bits per heavy atom. The number of amides is 2. The van der Waals surface area contributed by atoms with Gasteiger partial charge in [-0.25, -0.2) is 0 Å². The van der Waals surface area contributed by atoms with Crippen LogP contribution in [-0.4, -0.2) is 47.8 Å². The smallest absolute Gasteiger partial charge is 0.254 e. The van der Waals surface area contributed by atoms with Crippen LogP contribution in [-0.2, 0) is 11.3 Å². The Kier molecular flexibility index (Phi) is 8.99. The second-order valence-electron chi connectivity index (χ2n) is 9.88. The number of benzene rings is 1. The number of thiophene rings is 1. The molecule has 0 spiro atoms. The topological polar surface area (TPSA) is 65.8 Å². The van der Waals surface area contributed by atoms with Crippen LogP contribution in [0.25, 0.3) is 0 Å². The zero-order chi connectivity index (χ0) is 25.5. The molecule has 2 aromatic heterocycles. The largest absolute Gasteiger partial charge is 0.468 e. The Morgan fingerprint density at radius 3 is 2.67 bits per heavy atom. The van der Waals surface area contributed by atoms with Gasteiger partial charge in [-0.3, -0.25) is 14.5 Å². The second-order valence-corrected chi connectivity index (χ2v) is 10.9. The first-order chi connectivity index (χ1) is 17.5. The summed E-state index contributed by atoms with van der Waals surface area (Å²) in [6.45, 7) is 9.96. The van der Waals surface area contributed by atoms with Crippen molar-refractivity contribution >= 4 is 23.2 Å². The fourth-order valence-electron chi connectivity index (χ4n) is 4.97. The van der Waals surface area contributed by atoms with E-state index in [0.717, 1.165) is 48.7 Å². The number of hydrogen-bond donors (Lipinski definition) is 1. The molecule has 7 heteroatoms. The molecular weight excluding hydrogens is 470 g/mol. The van der Waals surface area contributed by atoms with E-state index >= 15 is 0 Å². The van der Waals surface area contributed by atoms with Gasteiger partial charge >= 0.3 is 0 Å². The summed E-state index contributed by atoms with van der Waals surface area (Å²) in [5.74, 6) is 0.741. The van der Waals surface area contributed by atoms with Crippen molar-refractivity contribution in [3.05, 3.63) is 81.9 Å². The molecule has 1 aliphatic heterocycles. The van der Waals surface area contributed by atoms with Crippen molar-refractivity contribution in [3.63, 3.8) is 0 Å². The fraction of sp³-hybridized carbons (Fsp3) is 0.448. The van der Waals surface area contributed by atoms with Gasteiger partial charge in [-0.15, -0.1) is 11.3 Å². The maximum Gasteiger partial charge on any atom is 0.254 e. The van der Waals surface area contributed by atoms with Crippen LogP contribution in [0.5, 0.6) is 0 Å². The molecule has 4 rings (SSSR count). The Hall–Kier alpha value is -2.90. The van der Waals surface area contributed by atoms with Gasteiger partial charge in [0.2, 0.25) is 5.91 Å². The molecule has 0 saturated heterocycles. The van der Waals surface area contributed by atoms with E-state index in [1.54, 1.807) is 17.6 Å². The van der Waals surface area contributed by atoms with Crippen molar-refractivity contribution in [3.8, 4) is 0 Å². The number of nitrogens with one attached hydrogen (secondary N) is 1. The second kappa shape index (κ2) is 12.4. The van der Waals surface area contributed by atoms with Gasteiger partial charge in [-0.2, -0.15) is 0 Å². The molecule has 0 aliphatic carbocycles. The number of carbonyl (C=O) groups is 2. The third kappa shape index (κ3) is 6.08. The summed E-state index contributed by atoms with van der Waals surface area (Å²) in [5.41, 5.74) is 1.45. The zero-order valence-corrected chi connectivity index (χ0v) is 22.3. The average molecular weight is 508 g/mol. The zero-order valence-electron chi connectivity index (χ0n) is 21.5. The van der Waals surface area contributed by atoms with Crippen LogP contribution in [0.15, 0.2) is 64.6 Å². The highest BCUT2D eigenvalue weighted by Gasteiger charge is 2.44. The van der Waals surface area contributed by atoms with E-state index in [9.17, 15) is 9.59 Å². The molecule has 2 atom stereocenters. The molecule has 0 bridgehead atoms. The van der Waals surface area contributed by atoms with Crippen LogP contribution in [0.2, 0.25) is 0 Å². The molecule has 0 fully saturated rings. The maximum atomic E-state index is 13.8. The number of unbranched alkanes of at least 4 members (excludes halogenated alkanes) is 1. The van der Waals surface area contributed by atoms with Gasteiger partial charge in [0, 0.05) is 30.1 Å².